The van der Waals surface area contributed by atoms with Crippen LogP contribution in [0.3, 0.4) is 0 Å². The average molecular weight is 464 g/mol. The number of thioether (sulfide) groups is 1. The van der Waals surface area contributed by atoms with Crippen LogP contribution in [0.4, 0.5) is 5.82 Å². The van der Waals surface area contributed by atoms with Gasteiger partial charge in [-0.15, -0.1) is 10.2 Å². The molecule has 7 nitrogen and oxygen atoms in total. The van der Waals surface area contributed by atoms with Crippen molar-refractivity contribution in [1.82, 2.24) is 19.7 Å². The molecule has 0 spiro atoms. The number of benzene rings is 1. The van der Waals surface area contributed by atoms with Crippen molar-refractivity contribution < 1.29 is 9.53 Å². The normalized spacial score (nSPS) is 14.4. The second-order valence-electron chi connectivity index (χ2n) is 6.83. The summed E-state index contributed by atoms with van der Waals surface area (Å²) in [6, 6.07) is 11.0. The number of rotatable bonds is 8. The van der Waals surface area contributed by atoms with E-state index in [1.165, 1.54) is 18.0 Å². The molecule has 1 atom stereocenters. The predicted octanol–water partition coefficient (Wildman–Crippen LogP) is 5.01. The van der Waals surface area contributed by atoms with E-state index in [1.807, 2.05) is 25.1 Å². The number of halogens is 2. The van der Waals surface area contributed by atoms with Gasteiger partial charge in [-0.1, -0.05) is 47.1 Å². The first-order chi connectivity index (χ1) is 14.5. The summed E-state index contributed by atoms with van der Waals surface area (Å²) >= 11 is 13.3. The first-order valence-corrected chi connectivity index (χ1v) is 11.0. The first kappa shape index (κ1) is 21.0. The fraction of sp³-hybridized carbons (Fsp3) is 0.300. The van der Waals surface area contributed by atoms with Gasteiger partial charge in [-0.05, 0) is 44.0 Å². The van der Waals surface area contributed by atoms with Crippen LogP contribution in [-0.4, -0.2) is 30.9 Å². The second-order valence-corrected chi connectivity index (χ2v) is 8.98. The molecule has 1 saturated carbocycles. The lowest BCUT2D eigenvalue weighted by molar-refractivity contribution is -0.115. The number of nitrogens with zero attached hydrogens (tertiary/aromatic N) is 4. The smallest absolute Gasteiger partial charge is 0.238 e. The molecule has 2 aromatic heterocycles. The zero-order valence-electron chi connectivity index (χ0n) is 16.1. The quantitative estimate of drug-likeness (QED) is 0.472. The van der Waals surface area contributed by atoms with Gasteiger partial charge in [-0.25, -0.2) is 4.98 Å². The molecule has 1 aromatic carbocycles. The van der Waals surface area contributed by atoms with E-state index in [0.29, 0.717) is 38.6 Å². The van der Waals surface area contributed by atoms with Gasteiger partial charge in [0.1, 0.15) is 18.2 Å². The van der Waals surface area contributed by atoms with E-state index in [4.69, 9.17) is 27.9 Å². The van der Waals surface area contributed by atoms with Gasteiger partial charge in [-0.2, -0.15) is 0 Å². The SMILES string of the molecule is CC(Sc1nnc(COc2ccccc2Cl)n1C1CC1)C(=O)Nc1ccc(Cl)cn1. The number of aromatic nitrogens is 4. The minimum atomic E-state index is -0.387. The Balaban J connectivity index is 1.43. The summed E-state index contributed by atoms with van der Waals surface area (Å²) in [6.45, 7) is 2.07. The number of para-hydroxylation sites is 1. The lowest BCUT2D eigenvalue weighted by Crippen LogP contribution is -2.23. The number of hydrogen-bond acceptors (Lipinski definition) is 6. The largest absolute Gasteiger partial charge is 0.484 e. The van der Waals surface area contributed by atoms with E-state index in [1.54, 1.807) is 18.2 Å². The summed E-state index contributed by atoms with van der Waals surface area (Å²) < 4.78 is 7.89. The molecule has 0 bridgehead atoms. The van der Waals surface area contributed by atoms with Crippen molar-refractivity contribution in [1.29, 1.82) is 0 Å². The molecule has 1 fully saturated rings. The Hall–Kier alpha value is -2.29. The topological polar surface area (TPSA) is 81.9 Å². The fourth-order valence-electron chi connectivity index (χ4n) is 2.78. The van der Waals surface area contributed by atoms with Crippen molar-refractivity contribution in [2.75, 3.05) is 5.32 Å². The monoisotopic (exact) mass is 463 g/mol. The maximum Gasteiger partial charge on any atom is 0.238 e. The van der Waals surface area contributed by atoms with E-state index in [-0.39, 0.29) is 17.8 Å². The molecule has 0 radical (unpaired) electrons. The number of amides is 1. The highest BCUT2D eigenvalue weighted by molar-refractivity contribution is 8.00. The van der Waals surface area contributed by atoms with Gasteiger partial charge in [0.05, 0.1) is 15.3 Å². The molecule has 2 heterocycles. The van der Waals surface area contributed by atoms with E-state index < -0.39 is 0 Å². The van der Waals surface area contributed by atoms with Crippen LogP contribution in [-0.2, 0) is 11.4 Å². The Bertz CT molecular complexity index is 1040. The van der Waals surface area contributed by atoms with Crippen LogP contribution in [0, 0.1) is 0 Å². The maximum atomic E-state index is 12.6. The molecule has 1 unspecified atom stereocenters. The third-order valence-electron chi connectivity index (χ3n) is 4.47. The highest BCUT2D eigenvalue weighted by Gasteiger charge is 2.31. The lowest BCUT2D eigenvalue weighted by atomic mass is 10.3. The van der Waals surface area contributed by atoms with Gasteiger partial charge >= 0.3 is 0 Å². The second kappa shape index (κ2) is 9.24. The zero-order valence-corrected chi connectivity index (χ0v) is 18.4. The van der Waals surface area contributed by atoms with Crippen LogP contribution < -0.4 is 10.1 Å². The number of pyridine rings is 1. The number of carbonyl (C=O) groups is 1. The number of anilines is 1. The van der Waals surface area contributed by atoms with Gasteiger partial charge in [0, 0.05) is 12.2 Å². The average Bonchev–Trinajstić information content (AvgIpc) is 3.50. The summed E-state index contributed by atoms with van der Waals surface area (Å²) in [5, 5.41) is 12.8. The summed E-state index contributed by atoms with van der Waals surface area (Å²) in [5.41, 5.74) is 0. The molecular formula is C20H19Cl2N5O2S. The zero-order chi connectivity index (χ0) is 21.1. The molecule has 1 aliphatic carbocycles. The molecule has 10 heteroatoms. The highest BCUT2D eigenvalue weighted by Crippen LogP contribution is 2.40. The van der Waals surface area contributed by atoms with Crippen molar-refractivity contribution in [3.8, 4) is 5.75 Å². The van der Waals surface area contributed by atoms with Crippen LogP contribution >= 0.6 is 35.0 Å². The molecule has 1 N–H and O–H groups in total. The Labute approximate surface area is 188 Å². The molecule has 1 amide bonds. The van der Waals surface area contributed by atoms with E-state index >= 15 is 0 Å². The summed E-state index contributed by atoms with van der Waals surface area (Å²) in [6.07, 6.45) is 3.60. The van der Waals surface area contributed by atoms with Crippen LogP contribution in [0.15, 0.2) is 47.8 Å². The molecule has 1 aliphatic rings. The van der Waals surface area contributed by atoms with Crippen molar-refractivity contribution in [2.45, 2.75) is 42.8 Å². The van der Waals surface area contributed by atoms with Crippen molar-refractivity contribution in [3.63, 3.8) is 0 Å². The number of carbonyl (C=O) groups excluding carboxylic acids is 1. The third-order valence-corrected chi connectivity index (χ3v) is 6.06. The van der Waals surface area contributed by atoms with Gasteiger partial charge in [-0.3, -0.25) is 9.36 Å². The lowest BCUT2D eigenvalue weighted by Gasteiger charge is -2.13. The molecule has 0 aliphatic heterocycles. The fourth-order valence-corrected chi connectivity index (χ4v) is 4.02. The molecule has 3 aromatic rings. The summed E-state index contributed by atoms with van der Waals surface area (Å²) in [7, 11) is 0. The van der Waals surface area contributed by atoms with E-state index in [0.717, 1.165) is 12.8 Å². The number of nitrogens with one attached hydrogen (secondary N) is 1. The first-order valence-electron chi connectivity index (χ1n) is 9.41. The van der Waals surface area contributed by atoms with Crippen molar-refractivity contribution in [3.05, 3.63) is 58.5 Å². The summed E-state index contributed by atoms with van der Waals surface area (Å²) in [4.78, 5) is 16.6. The van der Waals surface area contributed by atoms with Crippen LogP contribution in [0.2, 0.25) is 10.0 Å². The highest BCUT2D eigenvalue weighted by atomic mass is 35.5. The van der Waals surface area contributed by atoms with Crippen LogP contribution in [0.5, 0.6) is 5.75 Å². The minimum Gasteiger partial charge on any atom is -0.484 e. The Kier molecular flexibility index (Phi) is 6.46. The molecule has 156 valence electrons. The van der Waals surface area contributed by atoms with E-state index in [2.05, 4.69) is 25.1 Å². The Morgan fingerprint density at radius 3 is 2.77 bits per heavy atom. The van der Waals surface area contributed by atoms with Gasteiger partial charge < -0.3 is 10.1 Å². The molecule has 0 saturated heterocycles. The van der Waals surface area contributed by atoms with Gasteiger partial charge in [0.25, 0.3) is 0 Å². The minimum absolute atomic E-state index is 0.172. The third kappa shape index (κ3) is 5.06. The standard InChI is InChI=1S/C20H19Cl2N5O2S/c1-12(19(28)24-17-9-6-13(21)10-23-17)30-20-26-25-18(27(20)14-7-8-14)11-29-16-5-3-2-4-15(16)22/h2-6,9-10,12,14H,7-8,11H2,1H3,(H,23,24,28). The Morgan fingerprint density at radius 2 is 2.07 bits per heavy atom. The van der Waals surface area contributed by atoms with Crippen LogP contribution in [0.1, 0.15) is 31.6 Å². The molecule has 4 rings (SSSR count). The molecular weight excluding hydrogens is 445 g/mol. The van der Waals surface area contributed by atoms with Gasteiger partial charge in [0.2, 0.25) is 5.91 Å². The Morgan fingerprint density at radius 1 is 1.27 bits per heavy atom. The van der Waals surface area contributed by atoms with E-state index in [9.17, 15) is 4.79 Å². The summed E-state index contributed by atoms with van der Waals surface area (Å²) in [5.74, 6) is 1.59. The maximum absolute atomic E-state index is 12.6. The van der Waals surface area contributed by atoms with Crippen LogP contribution in [0.25, 0.3) is 0 Å². The number of hydrogen-bond donors (Lipinski definition) is 1. The number of ether oxygens (including phenoxy) is 1. The van der Waals surface area contributed by atoms with Crippen molar-refractivity contribution >= 4 is 46.7 Å². The molecule has 30 heavy (non-hydrogen) atoms. The predicted molar refractivity (Wildman–Crippen MR) is 117 cm³/mol. The van der Waals surface area contributed by atoms with Crippen molar-refractivity contribution in [2.24, 2.45) is 0 Å². The van der Waals surface area contributed by atoms with Gasteiger partial charge in [0.15, 0.2) is 11.0 Å².